The van der Waals surface area contributed by atoms with Crippen molar-refractivity contribution in [3.8, 4) is 0 Å². The van der Waals surface area contributed by atoms with Crippen LogP contribution in [-0.2, 0) is 6.42 Å². The zero-order valence-corrected chi connectivity index (χ0v) is 12.6. The lowest BCUT2D eigenvalue weighted by Gasteiger charge is -2.40. The molecule has 1 aromatic carbocycles. The van der Waals surface area contributed by atoms with Gasteiger partial charge in [0.25, 0.3) is 0 Å². The lowest BCUT2D eigenvalue weighted by Crippen LogP contribution is -2.47. The summed E-state index contributed by atoms with van der Waals surface area (Å²) in [6.45, 7) is 4.53. The Bertz CT molecular complexity index is 435. The molecular weight excluding hydrogens is 293 g/mol. The van der Waals surface area contributed by atoms with E-state index in [-0.39, 0.29) is 11.4 Å². The fourth-order valence-corrected chi connectivity index (χ4v) is 3.37. The van der Waals surface area contributed by atoms with E-state index in [4.69, 9.17) is 5.73 Å². The van der Waals surface area contributed by atoms with E-state index in [1.54, 1.807) is 6.07 Å². The zero-order chi connectivity index (χ0) is 13.3. The van der Waals surface area contributed by atoms with Crippen LogP contribution >= 0.6 is 15.9 Å². The van der Waals surface area contributed by atoms with Crippen LogP contribution in [0.25, 0.3) is 0 Å². The summed E-state index contributed by atoms with van der Waals surface area (Å²) < 4.78 is 14.7. The van der Waals surface area contributed by atoms with E-state index in [2.05, 4.69) is 29.8 Å². The maximum Gasteiger partial charge on any atom is 0.126 e. The van der Waals surface area contributed by atoms with Crippen molar-refractivity contribution >= 4 is 15.9 Å². The van der Waals surface area contributed by atoms with Crippen molar-refractivity contribution in [1.29, 1.82) is 0 Å². The summed E-state index contributed by atoms with van der Waals surface area (Å²) in [5, 5.41) is 0. The van der Waals surface area contributed by atoms with E-state index in [9.17, 15) is 4.39 Å². The third kappa shape index (κ3) is 3.12. The first-order valence-electron chi connectivity index (χ1n) is 6.62. The number of hydrogen-bond donors (Lipinski definition) is 1. The van der Waals surface area contributed by atoms with Gasteiger partial charge < -0.3 is 5.73 Å². The molecule has 1 saturated carbocycles. The Morgan fingerprint density at radius 1 is 1.39 bits per heavy atom. The summed E-state index contributed by atoms with van der Waals surface area (Å²) in [7, 11) is 0. The van der Waals surface area contributed by atoms with Gasteiger partial charge in [0.1, 0.15) is 5.82 Å². The molecule has 1 aliphatic rings. The van der Waals surface area contributed by atoms with Crippen LogP contribution < -0.4 is 5.73 Å². The van der Waals surface area contributed by atoms with E-state index < -0.39 is 0 Å². The number of hydrogen-bond acceptors (Lipinski definition) is 1. The monoisotopic (exact) mass is 313 g/mol. The van der Waals surface area contributed by atoms with E-state index >= 15 is 0 Å². The number of nitrogens with two attached hydrogens (primary N) is 1. The van der Waals surface area contributed by atoms with Crippen LogP contribution in [0, 0.1) is 17.7 Å². The molecule has 2 N–H and O–H groups in total. The predicted molar refractivity (Wildman–Crippen MR) is 76.9 cm³/mol. The Morgan fingerprint density at radius 2 is 2.11 bits per heavy atom. The SMILES string of the molecule is CC1CCC(N)(Cc2cc(Br)ccc2F)CC1C. The summed E-state index contributed by atoms with van der Waals surface area (Å²) >= 11 is 3.39. The fourth-order valence-electron chi connectivity index (χ4n) is 2.96. The van der Waals surface area contributed by atoms with Gasteiger partial charge in [-0.25, -0.2) is 4.39 Å². The molecule has 0 amide bonds. The lowest BCUT2D eigenvalue weighted by atomic mass is 9.69. The second-order valence-corrected chi connectivity index (χ2v) is 6.89. The minimum Gasteiger partial charge on any atom is -0.325 e. The molecule has 0 saturated heterocycles. The Morgan fingerprint density at radius 3 is 2.78 bits per heavy atom. The van der Waals surface area contributed by atoms with Gasteiger partial charge >= 0.3 is 0 Å². The summed E-state index contributed by atoms with van der Waals surface area (Å²) in [6.07, 6.45) is 3.76. The molecule has 0 radical (unpaired) electrons. The first-order chi connectivity index (χ1) is 8.39. The summed E-state index contributed by atoms with van der Waals surface area (Å²) in [4.78, 5) is 0. The van der Waals surface area contributed by atoms with Gasteiger partial charge in [-0.15, -0.1) is 0 Å². The van der Waals surface area contributed by atoms with Gasteiger partial charge in [-0.2, -0.15) is 0 Å². The number of halogens is 2. The largest absolute Gasteiger partial charge is 0.325 e. The quantitative estimate of drug-likeness (QED) is 0.866. The van der Waals surface area contributed by atoms with E-state index in [1.165, 1.54) is 6.07 Å². The Hall–Kier alpha value is -0.410. The molecule has 3 atom stereocenters. The van der Waals surface area contributed by atoms with Gasteiger partial charge in [-0.3, -0.25) is 0 Å². The summed E-state index contributed by atoms with van der Waals surface area (Å²) in [5.41, 5.74) is 6.97. The first kappa shape index (κ1) is 14.0. The molecular formula is C15H21BrFN. The topological polar surface area (TPSA) is 26.0 Å². The lowest BCUT2D eigenvalue weighted by molar-refractivity contribution is 0.175. The smallest absolute Gasteiger partial charge is 0.126 e. The van der Waals surface area contributed by atoms with Gasteiger partial charge in [0.2, 0.25) is 0 Å². The van der Waals surface area contributed by atoms with E-state index in [0.717, 1.165) is 35.2 Å². The molecule has 2 rings (SSSR count). The predicted octanol–water partition coefficient (Wildman–Crippen LogP) is 4.28. The molecule has 0 bridgehead atoms. The molecule has 0 heterocycles. The maximum absolute atomic E-state index is 13.8. The van der Waals surface area contributed by atoms with Crippen LogP contribution in [0.1, 0.15) is 38.7 Å². The molecule has 1 aliphatic carbocycles. The van der Waals surface area contributed by atoms with Gasteiger partial charge in [0.05, 0.1) is 0 Å². The first-order valence-corrected chi connectivity index (χ1v) is 7.42. The normalized spacial score (nSPS) is 32.5. The standard InChI is InChI=1S/C15H21BrFN/c1-10-5-6-15(18,8-11(10)2)9-12-7-13(16)3-4-14(12)17/h3-4,7,10-11H,5-6,8-9,18H2,1-2H3. The highest BCUT2D eigenvalue weighted by atomic mass is 79.9. The van der Waals surface area contributed by atoms with Gasteiger partial charge in [-0.1, -0.05) is 29.8 Å². The van der Waals surface area contributed by atoms with Crippen LogP contribution in [0.5, 0.6) is 0 Å². The minimum atomic E-state index is -0.243. The van der Waals surface area contributed by atoms with Crippen LogP contribution in [0.4, 0.5) is 4.39 Å². The van der Waals surface area contributed by atoms with Crippen LogP contribution in [-0.4, -0.2) is 5.54 Å². The second kappa shape index (κ2) is 5.30. The van der Waals surface area contributed by atoms with Crippen molar-refractivity contribution < 1.29 is 4.39 Å². The second-order valence-electron chi connectivity index (χ2n) is 5.97. The molecule has 3 heteroatoms. The van der Waals surface area contributed by atoms with Crippen LogP contribution in [0.3, 0.4) is 0 Å². The third-order valence-corrected chi connectivity index (χ3v) is 4.84. The van der Waals surface area contributed by atoms with Gasteiger partial charge in [0.15, 0.2) is 0 Å². The molecule has 3 unspecified atom stereocenters. The summed E-state index contributed by atoms with van der Waals surface area (Å²) in [5.74, 6) is 1.21. The molecule has 0 aliphatic heterocycles. The number of rotatable bonds is 2. The highest BCUT2D eigenvalue weighted by molar-refractivity contribution is 9.10. The van der Waals surface area contributed by atoms with Crippen molar-refractivity contribution in [2.45, 2.75) is 45.1 Å². The van der Waals surface area contributed by atoms with Crippen molar-refractivity contribution in [2.75, 3.05) is 0 Å². The minimum absolute atomic E-state index is 0.144. The molecule has 0 spiro atoms. The van der Waals surface area contributed by atoms with Crippen molar-refractivity contribution in [3.05, 3.63) is 34.1 Å². The third-order valence-electron chi connectivity index (χ3n) is 4.35. The van der Waals surface area contributed by atoms with E-state index in [0.29, 0.717) is 12.3 Å². The average Bonchev–Trinajstić information content (AvgIpc) is 2.29. The number of benzene rings is 1. The van der Waals surface area contributed by atoms with Crippen molar-refractivity contribution in [2.24, 2.45) is 17.6 Å². The molecule has 1 aromatic rings. The fraction of sp³-hybridized carbons (Fsp3) is 0.600. The van der Waals surface area contributed by atoms with Crippen LogP contribution in [0.2, 0.25) is 0 Å². The molecule has 18 heavy (non-hydrogen) atoms. The Balaban J connectivity index is 2.15. The Labute approximate surface area is 117 Å². The van der Waals surface area contributed by atoms with Crippen molar-refractivity contribution in [1.82, 2.24) is 0 Å². The van der Waals surface area contributed by atoms with Crippen LogP contribution in [0.15, 0.2) is 22.7 Å². The van der Waals surface area contributed by atoms with Gasteiger partial charge in [0, 0.05) is 10.0 Å². The highest BCUT2D eigenvalue weighted by Crippen LogP contribution is 2.37. The van der Waals surface area contributed by atoms with Crippen molar-refractivity contribution in [3.63, 3.8) is 0 Å². The maximum atomic E-state index is 13.8. The highest BCUT2D eigenvalue weighted by Gasteiger charge is 2.35. The Kier molecular flexibility index (Phi) is 4.12. The summed E-state index contributed by atoms with van der Waals surface area (Å²) in [6, 6.07) is 5.10. The molecule has 0 aromatic heterocycles. The van der Waals surface area contributed by atoms with Gasteiger partial charge in [-0.05, 0) is 61.3 Å². The molecule has 100 valence electrons. The molecule has 1 fully saturated rings. The van der Waals surface area contributed by atoms with E-state index in [1.807, 2.05) is 6.07 Å². The zero-order valence-electron chi connectivity index (χ0n) is 11.0. The molecule has 1 nitrogen and oxygen atoms in total. The average molecular weight is 314 g/mol.